The number of nitrogen functional groups attached to an aromatic ring is 1. The Morgan fingerprint density at radius 2 is 1.69 bits per heavy atom. The van der Waals surface area contributed by atoms with Crippen LogP contribution in [0, 0.1) is 0 Å². The second kappa shape index (κ2) is 10.2. The van der Waals surface area contributed by atoms with E-state index >= 15 is 0 Å². The van der Waals surface area contributed by atoms with Crippen molar-refractivity contribution in [3.05, 3.63) is 103 Å². The predicted octanol–water partition coefficient (Wildman–Crippen LogP) is 4.68. The van der Waals surface area contributed by atoms with Crippen LogP contribution < -0.4 is 15.8 Å². The van der Waals surface area contributed by atoms with Gasteiger partial charge < -0.3 is 20.9 Å². The molecule has 4 rings (SSSR count). The van der Waals surface area contributed by atoms with Crippen molar-refractivity contribution in [2.45, 2.75) is 4.90 Å². The average molecular weight is 504 g/mol. The third-order valence-corrected chi connectivity index (χ3v) is 6.79. The largest absolute Gasteiger partial charge is 0.511 e. The molecule has 182 valence electrons. The van der Waals surface area contributed by atoms with Crippen LogP contribution in [0.1, 0.15) is 5.56 Å². The molecule has 10 heteroatoms. The molecule has 0 saturated heterocycles. The molecule has 0 spiro atoms. The summed E-state index contributed by atoms with van der Waals surface area (Å²) in [4.78, 5) is 23.0. The number of ether oxygens (including phenoxy) is 1. The highest BCUT2D eigenvalue weighted by atomic mass is 32.2. The molecule has 1 aromatic heterocycles. The van der Waals surface area contributed by atoms with Crippen molar-refractivity contribution in [2.24, 2.45) is 0 Å². The van der Waals surface area contributed by atoms with Gasteiger partial charge in [-0.05, 0) is 65.2 Å². The predicted molar refractivity (Wildman–Crippen MR) is 136 cm³/mol. The van der Waals surface area contributed by atoms with E-state index in [9.17, 15) is 18.0 Å². The van der Waals surface area contributed by atoms with E-state index in [-0.39, 0.29) is 10.6 Å². The third kappa shape index (κ3) is 5.62. The molecule has 4 N–H and O–H groups in total. The number of nitrogens with two attached hydrogens (primary N) is 1. The lowest BCUT2D eigenvalue weighted by Gasteiger charge is -2.08. The Balaban J connectivity index is 1.47. The first kappa shape index (κ1) is 24.3. The van der Waals surface area contributed by atoms with Gasteiger partial charge in [-0.15, -0.1) is 0 Å². The van der Waals surface area contributed by atoms with Crippen molar-refractivity contribution in [1.29, 1.82) is 0 Å². The molecule has 9 nitrogen and oxygen atoms in total. The van der Waals surface area contributed by atoms with Crippen LogP contribution in [0.25, 0.3) is 17.2 Å². The van der Waals surface area contributed by atoms with Crippen LogP contribution in [0.4, 0.5) is 16.2 Å². The quantitative estimate of drug-likeness (QED) is 0.144. The Morgan fingerprint density at radius 3 is 2.42 bits per heavy atom. The average Bonchev–Trinajstić information content (AvgIpc) is 3.34. The van der Waals surface area contributed by atoms with Gasteiger partial charge in [0.2, 0.25) is 5.91 Å². The van der Waals surface area contributed by atoms with E-state index in [4.69, 9.17) is 10.8 Å². The first-order chi connectivity index (χ1) is 17.2. The number of carbonyl (C=O) groups is 2. The minimum absolute atomic E-state index is 0.0626. The number of amides is 1. The summed E-state index contributed by atoms with van der Waals surface area (Å²) in [5.74, 6) is -0.248. The smallest absolute Gasteiger partial charge is 0.449 e. The summed E-state index contributed by atoms with van der Waals surface area (Å²) < 4.78 is 31.8. The minimum atomic E-state index is -3.87. The van der Waals surface area contributed by atoms with Gasteiger partial charge in [-0.3, -0.25) is 4.79 Å². The van der Waals surface area contributed by atoms with Gasteiger partial charge in [0.15, 0.2) is 0 Å². The Hall–Kier alpha value is -4.83. The Labute approximate surface area is 207 Å². The maximum atomic E-state index is 13.0. The fraction of sp³-hybridized carbons (Fsp3) is 0. The number of aromatic nitrogens is 1. The van der Waals surface area contributed by atoms with Crippen molar-refractivity contribution in [2.75, 3.05) is 11.1 Å². The molecule has 0 unspecified atom stereocenters. The van der Waals surface area contributed by atoms with E-state index < -0.39 is 22.1 Å². The van der Waals surface area contributed by atoms with Gasteiger partial charge >= 0.3 is 6.16 Å². The number of nitrogens with zero attached hydrogens (tertiary/aromatic N) is 1. The highest BCUT2D eigenvalue weighted by Gasteiger charge is 2.17. The number of carboxylic acid groups (broad SMARTS) is 1. The summed E-state index contributed by atoms with van der Waals surface area (Å²) in [6.07, 6.45) is 4.15. The summed E-state index contributed by atoms with van der Waals surface area (Å²) in [6, 6.07) is 21.0. The maximum Gasteiger partial charge on any atom is 0.511 e. The Kier molecular flexibility index (Phi) is 6.88. The summed E-state index contributed by atoms with van der Waals surface area (Å²) in [6.45, 7) is 0. The van der Waals surface area contributed by atoms with E-state index in [1.165, 1.54) is 42.7 Å². The number of para-hydroxylation sites is 2. The molecule has 4 aromatic rings. The van der Waals surface area contributed by atoms with E-state index in [1.54, 1.807) is 60.7 Å². The van der Waals surface area contributed by atoms with E-state index in [0.29, 0.717) is 28.1 Å². The van der Waals surface area contributed by atoms with Crippen LogP contribution in [0.3, 0.4) is 0 Å². The second-order valence-electron chi connectivity index (χ2n) is 7.61. The monoisotopic (exact) mass is 503 g/mol. The van der Waals surface area contributed by atoms with Crippen molar-refractivity contribution < 1.29 is 27.9 Å². The maximum absolute atomic E-state index is 13.0. The second-order valence-corrected chi connectivity index (χ2v) is 9.45. The van der Waals surface area contributed by atoms with Crippen LogP contribution in [0.5, 0.6) is 5.75 Å². The van der Waals surface area contributed by atoms with Crippen LogP contribution in [0.15, 0.2) is 102 Å². The Morgan fingerprint density at radius 1 is 0.944 bits per heavy atom. The van der Waals surface area contributed by atoms with Gasteiger partial charge in [-0.1, -0.05) is 36.4 Å². The molecule has 0 radical (unpaired) electrons. The molecular weight excluding hydrogens is 482 g/mol. The zero-order valence-electron chi connectivity index (χ0n) is 18.7. The third-order valence-electron chi connectivity index (χ3n) is 5.14. The Bertz CT molecular complexity index is 1560. The summed E-state index contributed by atoms with van der Waals surface area (Å²) in [5.41, 5.74) is 8.60. The molecule has 0 aliphatic carbocycles. The fourth-order valence-corrected chi connectivity index (χ4v) is 4.58. The topological polar surface area (TPSA) is 141 Å². The molecule has 0 saturated carbocycles. The normalized spacial score (nSPS) is 11.3. The lowest BCUT2D eigenvalue weighted by Crippen LogP contribution is -2.10. The molecule has 1 heterocycles. The molecular formula is C26H21N3O6S. The number of nitrogens with one attached hydrogen (secondary N) is 1. The number of carbonyl (C=O) groups excluding carboxylic acids is 1. The number of rotatable bonds is 7. The zero-order chi connectivity index (χ0) is 25.7. The molecule has 0 bridgehead atoms. The van der Waals surface area contributed by atoms with Crippen molar-refractivity contribution in [1.82, 2.24) is 3.97 Å². The molecule has 0 fully saturated rings. The lowest BCUT2D eigenvalue weighted by molar-refractivity contribution is -0.111. The highest BCUT2D eigenvalue weighted by molar-refractivity contribution is 7.90. The van der Waals surface area contributed by atoms with Crippen LogP contribution >= 0.6 is 0 Å². The standard InChI is InChI=1S/C26H21N3O6S/c27-23-6-1-2-7-24(23)28-25(30)13-8-18-14-15-29(17-18)36(33,34)22-11-9-19(10-12-22)20-4-3-5-21(16-20)35-26(31)32/h1-17H,27H2,(H,28,30)(H,31,32)/b13-8+. The van der Waals surface area contributed by atoms with Gasteiger partial charge in [0.25, 0.3) is 10.0 Å². The minimum Gasteiger partial charge on any atom is -0.449 e. The van der Waals surface area contributed by atoms with Gasteiger partial charge in [-0.2, -0.15) is 0 Å². The number of hydrogen-bond acceptors (Lipinski definition) is 6. The number of hydrogen-bond donors (Lipinski definition) is 3. The fourth-order valence-electron chi connectivity index (χ4n) is 3.38. The molecule has 0 atom stereocenters. The van der Waals surface area contributed by atoms with E-state index in [1.807, 2.05) is 0 Å². The first-order valence-electron chi connectivity index (χ1n) is 10.6. The van der Waals surface area contributed by atoms with Crippen molar-refractivity contribution in [3.8, 4) is 16.9 Å². The molecule has 0 aliphatic rings. The molecule has 0 aliphatic heterocycles. The van der Waals surface area contributed by atoms with Gasteiger partial charge in [0, 0.05) is 18.5 Å². The number of benzene rings is 3. The first-order valence-corrected chi connectivity index (χ1v) is 12.0. The highest BCUT2D eigenvalue weighted by Crippen LogP contribution is 2.26. The summed E-state index contributed by atoms with van der Waals surface area (Å²) in [5, 5.41) is 11.4. The molecule has 1 amide bonds. The van der Waals surface area contributed by atoms with Gasteiger partial charge in [0.1, 0.15) is 5.75 Å². The van der Waals surface area contributed by atoms with Crippen LogP contribution in [-0.2, 0) is 14.8 Å². The molecule has 3 aromatic carbocycles. The van der Waals surface area contributed by atoms with Crippen molar-refractivity contribution in [3.63, 3.8) is 0 Å². The van der Waals surface area contributed by atoms with Gasteiger partial charge in [-0.25, -0.2) is 17.2 Å². The van der Waals surface area contributed by atoms with E-state index in [0.717, 1.165) is 3.97 Å². The zero-order valence-corrected chi connectivity index (χ0v) is 19.6. The van der Waals surface area contributed by atoms with Gasteiger partial charge in [0.05, 0.1) is 16.3 Å². The SMILES string of the molecule is Nc1ccccc1NC(=O)/C=C/c1ccn(S(=O)(=O)c2ccc(-c3cccc(OC(=O)O)c3)cc2)c1. The number of anilines is 2. The van der Waals surface area contributed by atoms with E-state index in [2.05, 4.69) is 10.1 Å². The van der Waals surface area contributed by atoms with Crippen LogP contribution in [0.2, 0.25) is 0 Å². The molecule has 36 heavy (non-hydrogen) atoms. The lowest BCUT2D eigenvalue weighted by atomic mass is 10.1. The van der Waals surface area contributed by atoms with Crippen LogP contribution in [-0.4, -0.2) is 29.6 Å². The summed E-state index contributed by atoms with van der Waals surface area (Å²) in [7, 11) is -3.87. The van der Waals surface area contributed by atoms with Crippen molar-refractivity contribution >= 4 is 39.5 Å². The summed E-state index contributed by atoms with van der Waals surface area (Å²) >= 11 is 0.